The van der Waals surface area contributed by atoms with Crippen molar-refractivity contribution < 1.29 is 13.9 Å². The van der Waals surface area contributed by atoms with Crippen molar-refractivity contribution in [2.75, 3.05) is 24.6 Å². The van der Waals surface area contributed by atoms with Gasteiger partial charge in [-0.1, -0.05) is 11.3 Å². The van der Waals surface area contributed by atoms with Crippen molar-refractivity contribution in [3.63, 3.8) is 0 Å². The van der Waals surface area contributed by atoms with Crippen LogP contribution in [0.5, 0.6) is 5.75 Å². The summed E-state index contributed by atoms with van der Waals surface area (Å²) in [5.74, 6) is 1.01. The Balaban J connectivity index is 1.53. The van der Waals surface area contributed by atoms with Crippen molar-refractivity contribution in [3.8, 4) is 17.2 Å². The number of nitrogens with zero attached hydrogens (tertiary/aromatic N) is 4. The number of hydrogen-bond acceptors (Lipinski definition) is 8. The molecule has 0 amide bonds. The standard InChI is InChI=1S/C24H24N4O4S/c1-2-31-17-10-8-16(9-11-17)18(29)15-28-23(30)21-22(20(26-28)19-7-6-14-32-19)33-24(25-21)27-12-4-3-5-13-27/h6-11,14H,2-5,12-13,15H2,1H3. The van der Waals surface area contributed by atoms with E-state index >= 15 is 0 Å². The van der Waals surface area contributed by atoms with E-state index in [4.69, 9.17) is 9.15 Å². The van der Waals surface area contributed by atoms with E-state index in [0.29, 0.717) is 39.6 Å². The Bertz CT molecular complexity index is 1320. The molecule has 0 bridgehead atoms. The molecule has 4 heterocycles. The number of ether oxygens (including phenoxy) is 1. The van der Waals surface area contributed by atoms with Gasteiger partial charge in [-0.3, -0.25) is 9.59 Å². The number of rotatable bonds is 7. The zero-order valence-electron chi connectivity index (χ0n) is 18.3. The minimum absolute atomic E-state index is 0.187. The fourth-order valence-corrected chi connectivity index (χ4v) is 5.08. The number of ketones is 1. The Labute approximate surface area is 194 Å². The molecule has 0 saturated carbocycles. The summed E-state index contributed by atoms with van der Waals surface area (Å²) >= 11 is 1.45. The maximum absolute atomic E-state index is 13.3. The van der Waals surface area contributed by atoms with Crippen LogP contribution in [-0.4, -0.2) is 40.2 Å². The van der Waals surface area contributed by atoms with E-state index in [9.17, 15) is 9.59 Å². The van der Waals surface area contributed by atoms with Crippen LogP contribution in [0.1, 0.15) is 36.5 Å². The Morgan fingerprint density at radius 3 is 2.64 bits per heavy atom. The molecule has 1 saturated heterocycles. The Hall–Kier alpha value is -3.46. The smallest absolute Gasteiger partial charge is 0.294 e. The first-order valence-corrected chi connectivity index (χ1v) is 11.9. The molecule has 3 aromatic heterocycles. The molecule has 1 aliphatic heterocycles. The predicted octanol–water partition coefficient (Wildman–Crippen LogP) is 4.38. The average Bonchev–Trinajstić information content (AvgIpc) is 3.53. The zero-order chi connectivity index (χ0) is 22.8. The summed E-state index contributed by atoms with van der Waals surface area (Å²) in [5.41, 5.74) is 0.953. The fourth-order valence-electron chi connectivity index (χ4n) is 3.98. The van der Waals surface area contributed by atoms with Crippen LogP contribution < -0.4 is 15.2 Å². The maximum Gasteiger partial charge on any atom is 0.294 e. The van der Waals surface area contributed by atoms with Crippen LogP contribution in [0, 0.1) is 0 Å². The quantitative estimate of drug-likeness (QED) is 0.375. The number of piperidine rings is 1. The third kappa shape index (κ3) is 4.28. The molecule has 1 aliphatic rings. The lowest BCUT2D eigenvalue weighted by Gasteiger charge is -2.25. The lowest BCUT2D eigenvalue weighted by molar-refractivity contribution is 0.0966. The number of anilines is 1. The van der Waals surface area contributed by atoms with Crippen molar-refractivity contribution in [3.05, 3.63) is 58.6 Å². The first-order chi connectivity index (χ1) is 16.1. The van der Waals surface area contributed by atoms with Crippen LogP contribution in [0.25, 0.3) is 21.7 Å². The summed E-state index contributed by atoms with van der Waals surface area (Å²) in [4.78, 5) is 33.1. The molecule has 33 heavy (non-hydrogen) atoms. The van der Waals surface area contributed by atoms with Crippen molar-refractivity contribution in [2.45, 2.75) is 32.7 Å². The highest BCUT2D eigenvalue weighted by atomic mass is 32.1. The lowest BCUT2D eigenvalue weighted by Crippen LogP contribution is -2.29. The van der Waals surface area contributed by atoms with Gasteiger partial charge < -0.3 is 14.1 Å². The first-order valence-electron chi connectivity index (χ1n) is 11.1. The minimum Gasteiger partial charge on any atom is -0.494 e. The Morgan fingerprint density at radius 1 is 1.15 bits per heavy atom. The van der Waals surface area contributed by atoms with E-state index in [1.54, 1.807) is 42.7 Å². The lowest BCUT2D eigenvalue weighted by atomic mass is 10.1. The summed E-state index contributed by atoms with van der Waals surface area (Å²) < 4.78 is 12.9. The maximum atomic E-state index is 13.3. The van der Waals surface area contributed by atoms with Gasteiger partial charge in [-0.2, -0.15) is 5.10 Å². The number of benzene rings is 1. The highest BCUT2D eigenvalue weighted by Gasteiger charge is 2.23. The fraction of sp³-hybridized carbons (Fsp3) is 0.333. The van der Waals surface area contributed by atoms with Crippen molar-refractivity contribution in [2.24, 2.45) is 0 Å². The molecule has 0 atom stereocenters. The van der Waals surface area contributed by atoms with E-state index in [0.717, 1.165) is 31.1 Å². The normalized spacial score (nSPS) is 14.0. The van der Waals surface area contributed by atoms with Gasteiger partial charge in [-0.05, 0) is 62.6 Å². The second kappa shape index (κ2) is 9.19. The van der Waals surface area contributed by atoms with Crippen LogP contribution >= 0.6 is 11.3 Å². The number of hydrogen-bond donors (Lipinski definition) is 0. The van der Waals surface area contributed by atoms with Gasteiger partial charge in [0.15, 0.2) is 22.2 Å². The molecule has 9 heteroatoms. The SMILES string of the molecule is CCOc1ccc(C(=O)Cn2nc(-c3ccco3)c3sc(N4CCCCC4)nc3c2=O)cc1. The molecular weight excluding hydrogens is 440 g/mol. The molecule has 0 spiro atoms. The summed E-state index contributed by atoms with van der Waals surface area (Å²) in [7, 11) is 0. The number of Topliss-reactive ketones (excluding diaryl/α,β-unsaturated/α-hetero) is 1. The molecule has 8 nitrogen and oxygen atoms in total. The van der Waals surface area contributed by atoms with E-state index in [1.807, 2.05) is 6.92 Å². The summed E-state index contributed by atoms with van der Waals surface area (Å²) in [5, 5.41) is 5.34. The van der Waals surface area contributed by atoms with Crippen LogP contribution in [0.3, 0.4) is 0 Å². The van der Waals surface area contributed by atoms with E-state index in [-0.39, 0.29) is 17.9 Å². The summed E-state index contributed by atoms with van der Waals surface area (Å²) in [6, 6.07) is 10.5. The number of carbonyl (C=O) groups is 1. The first kappa shape index (κ1) is 21.4. The molecule has 0 unspecified atom stereocenters. The van der Waals surface area contributed by atoms with Crippen LogP contribution in [0.2, 0.25) is 0 Å². The number of fused-ring (bicyclic) bond motifs is 1. The van der Waals surface area contributed by atoms with E-state index in [2.05, 4.69) is 15.0 Å². The van der Waals surface area contributed by atoms with Gasteiger partial charge in [-0.25, -0.2) is 9.67 Å². The zero-order valence-corrected chi connectivity index (χ0v) is 19.1. The molecule has 0 N–H and O–H groups in total. The van der Waals surface area contributed by atoms with Crippen LogP contribution in [0.4, 0.5) is 5.13 Å². The summed E-state index contributed by atoms with van der Waals surface area (Å²) in [6.45, 7) is 4.11. The average molecular weight is 465 g/mol. The predicted molar refractivity (Wildman–Crippen MR) is 127 cm³/mol. The van der Waals surface area contributed by atoms with Gasteiger partial charge >= 0.3 is 0 Å². The van der Waals surface area contributed by atoms with E-state index in [1.165, 1.54) is 22.4 Å². The van der Waals surface area contributed by atoms with Crippen LogP contribution in [-0.2, 0) is 6.54 Å². The third-order valence-electron chi connectivity index (χ3n) is 5.65. The largest absolute Gasteiger partial charge is 0.494 e. The van der Waals surface area contributed by atoms with Gasteiger partial charge in [0, 0.05) is 18.7 Å². The molecule has 170 valence electrons. The van der Waals surface area contributed by atoms with Gasteiger partial charge in [0.25, 0.3) is 5.56 Å². The second-order valence-electron chi connectivity index (χ2n) is 7.89. The van der Waals surface area contributed by atoms with Gasteiger partial charge in [-0.15, -0.1) is 0 Å². The number of carbonyl (C=O) groups excluding carboxylic acids is 1. The van der Waals surface area contributed by atoms with Crippen molar-refractivity contribution in [1.82, 2.24) is 14.8 Å². The Kier molecular flexibility index (Phi) is 5.95. The second-order valence-corrected chi connectivity index (χ2v) is 8.87. The molecular formula is C24H24N4O4S. The van der Waals surface area contributed by atoms with Crippen molar-refractivity contribution in [1.29, 1.82) is 0 Å². The highest BCUT2D eigenvalue weighted by molar-refractivity contribution is 7.22. The molecule has 0 radical (unpaired) electrons. The van der Waals surface area contributed by atoms with Gasteiger partial charge in [0.1, 0.15) is 18.0 Å². The van der Waals surface area contributed by atoms with Gasteiger partial charge in [0.05, 0.1) is 17.6 Å². The van der Waals surface area contributed by atoms with Crippen LogP contribution in [0.15, 0.2) is 51.9 Å². The Morgan fingerprint density at radius 2 is 1.94 bits per heavy atom. The highest BCUT2D eigenvalue weighted by Crippen LogP contribution is 2.34. The molecule has 0 aliphatic carbocycles. The third-order valence-corrected chi connectivity index (χ3v) is 6.77. The minimum atomic E-state index is -0.376. The topological polar surface area (TPSA) is 90.5 Å². The molecule has 1 fully saturated rings. The van der Waals surface area contributed by atoms with E-state index < -0.39 is 0 Å². The molecule has 4 aromatic rings. The summed E-state index contributed by atoms with van der Waals surface area (Å²) in [6.07, 6.45) is 5.00. The molecule has 1 aromatic carbocycles. The van der Waals surface area contributed by atoms with Gasteiger partial charge in [0.2, 0.25) is 0 Å². The number of aromatic nitrogens is 3. The number of furan rings is 1. The van der Waals surface area contributed by atoms with Crippen molar-refractivity contribution >= 4 is 32.5 Å². The molecule has 5 rings (SSSR count). The number of thiazole rings is 1. The monoisotopic (exact) mass is 464 g/mol.